The van der Waals surface area contributed by atoms with Crippen molar-refractivity contribution in [3.8, 4) is 11.8 Å². The summed E-state index contributed by atoms with van der Waals surface area (Å²) in [4.78, 5) is 23.3. The number of nitriles is 1. The highest BCUT2D eigenvalue weighted by atomic mass is 35.5. The Labute approximate surface area is 163 Å². The van der Waals surface area contributed by atoms with E-state index >= 15 is 0 Å². The molecule has 0 aromatic heterocycles. The van der Waals surface area contributed by atoms with Crippen LogP contribution in [0.25, 0.3) is 0 Å². The second-order valence-corrected chi connectivity index (χ2v) is 6.39. The van der Waals surface area contributed by atoms with Crippen LogP contribution < -0.4 is 15.4 Å². The molecule has 0 unspecified atom stereocenters. The van der Waals surface area contributed by atoms with Crippen molar-refractivity contribution in [2.24, 2.45) is 0 Å². The molecule has 0 aliphatic carbocycles. The lowest BCUT2D eigenvalue weighted by Crippen LogP contribution is -2.28. The van der Waals surface area contributed by atoms with Gasteiger partial charge in [0.1, 0.15) is 12.2 Å². The van der Waals surface area contributed by atoms with Crippen molar-refractivity contribution >= 4 is 29.1 Å². The maximum Gasteiger partial charge on any atom is 0.258 e. The third-order valence-corrected chi connectivity index (χ3v) is 4.34. The molecule has 140 valence electrons. The topological polar surface area (TPSA) is 91.2 Å². The van der Waals surface area contributed by atoms with Gasteiger partial charge in [-0.25, -0.2) is 0 Å². The molecule has 2 aromatic rings. The summed E-state index contributed by atoms with van der Waals surface area (Å²) in [5.41, 5.74) is 3.27. The normalized spacial score (nSPS) is 10.0. The molecule has 0 fully saturated rings. The van der Waals surface area contributed by atoms with Gasteiger partial charge in [-0.1, -0.05) is 23.7 Å². The summed E-state index contributed by atoms with van der Waals surface area (Å²) in [6, 6.07) is 12.4. The molecule has 7 heteroatoms. The molecule has 2 aromatic carbocycles. The Balaban J connectivity index is 1.80. The number of carbonyl (C=O) groups is 2. The lowest BCUT2D eigenvalue weighted by atomic mass is 10.1. The Morgan fingerprint density at radius 1 is 1.11 bits per heavy atom. The molecule has 0 saturated heterocycles. The minimum Gasteiger partial charge on any atom is -0.484 e. The molecule has 0 bridgehead atoms. The van der Waals surface area contributed by atoms with Crippen LogP contribution in [0.1, 0.15) is 23.1 Å². The zero-order valence-electron chi connectivity index (χ0n) is 15.1. The molecule has 0 atom stereocenters. The molecule has 2 amide bonds. The predicted octanol–water partition coefficient (Wildman–Crippen LogP) is 3.50. The van der Waals surface area contributed by atoms with Crippen LogP contribution in [0.4, 0.5) is 5.69 Å². The highest BCUT2D eigenvalue weighted by molar-refractivity contribution is 6.32. The Kier molecular flexibility index (Phi) is 7.21. The van der Waals surface area contributed by atoms with Crippen LogP contribution in [0, 0.1) is 25.2 Å². The number of nitrogens with zero attached hydrogens (tertiary/aromatic N) is 1. The van der Waals surface area contributed by atoms with Gasteiger partial charge in [0.15, 0.2) is 6.61 Å². The van der Waals surface area contributed by atoms with E-state index in [9.17, 15) is 9.59 Å². The first-order chi connectivity index (χ1) is 12.9. The number of anilines is 1. The Hall–Kier alpha value is -3.04. The van der Waals surface area contributed by atoms with E-state index in [1.165, 1.54) is 0 Å². The highest BCUT2D eigenvalue weighted by Gasteiger charge is 2.07. The fourth-order valence-corrected chi connectivity index (χ4v) is 2.48. The van der Waals surface area contributed by atoms with Gasteiger partial charge in [0, 0.05) is 17.3 Å². The van der Waals surface area contributed by atoms with E-state index in [1.807, 2.05) is 13.8 Å². The van der Waals surface area contributed by atoms with Gasteiger partial charge >= 0.3 is 0 Å². The van der Waals surface area contributed by atoms with Crippen molar-refractivity contribution in [2.45, 2.75) is 26.8 Å². The van der Waals surface area contributed by atoms with Gasteiger partial charge in [-0.2, -0.15) is 5.26 Å². The molecule has 2 N–H and O–H groups in total. The summed E-state index contributed by atoms with van der Waals surface area (Å²) in [5, 5.41) is 14.5. The number of benzene rings is 2. The monoisotopic (exact) mass is 385 g/mol. The lowest BCUT2D eigenvalue weighted by Gasteiger charge is -2.11. The van der Waals surface area contributed by atoms with Crippen molar-refractivity contribution in [2.75, 3.05) is 11.9 Å². The molecule has 0 saturated carbocycles. The summed E-state index contributed by atoms with van der Waals surface area (Å²) >= 11 is 6.11. The number of hydrogen-bond donors (Lipinski definition) is 2. The number of carbonyl (C=O) groups excluding carboxylic acids is 2. The van der Waals surface area contributed by atoms with E-state index in [0.717, 1.165) is 16.7 Å². The Morgan fingerprint density at radius 3 is 2.33 bits per heavy atom. The predicted molar refractivity (Wildman–Crippen MR) is 104 cm³/mol. The third-order valence-electron chi connectivity index (χ3n) is 3.75. The SMILES string of the molecule is Cc1cc(OCC(=O)NCc2ccc(NC(=O)CC#N)cc2)cc(C)c1Cl. The summed E-state index contributed by atoms with van der Waals surface area (Å²) in [7, 11) is 0. The van der Waals surface area contributed by atoms with Gasteiger partial charge < -0.3 is 15.4 Å². The molecule has 0 heterocycles. The number of nitrogens with one attached hydrogen (secondary N) is 2. The standard InChI is InChI=1S/C20H20ClN3O3/c1-13-9-17(10-14(2)20(13)21)27-12-19(26)23-11-15-3-5-16(6-4-15)24-18(25)7-8-22/h3-6,9-10H,7,11-12H2,1-2H3,(H,23,26)(H,24,25). The third kappa shape index (κ3) is 6.32. The van der Waals surface area contributed by atoms with Crippen molar-refractivity contribution in [1.29, 1.82) is 5.26 Å². The van der Waals surface area contributed by atoms with E-state index in [4.69, 9.17) is 21.6 Å². The largest absolute Gasteiger partial charge is 0.484 e. The van der Waals surface area contributed by atoms with Gasteiger partial charge in [0.05, 0.1) is 6.07 Å². The average Bonchev–Trinajstić information content (AvgIpc) is 2.64. The molecule has 0 aliphatic rings. The molecule has 6 nitrogen and oxygen atoms in total. The molecule has 2 rings (SSSR count). The number of halogens is 1. The van der Waals surface area contributed by atoms with Crippen LogP contribution in [0.2, 0.25) is 5.02 Å². The van der Waals surface area contributed by atoms with E-state index < -0.39 is 0 Å². The van der Waals surface area contributed by atoms with Crippen LogP contribution in [-0.4, -0.2) is 18.4 Å². The van der Waals surface area contributed by atoms with Crippen LogP contribution >= 0.6 is 11.6 Å². The maximum absolute atomic E-state index is 12.0. The van der Waals surface area contributed by atoms with Crippen LogP contribution in [0.3, 0.4) is 0 Å². The van der Waals surface area contributed by atoms with Gasteiger partial charge in [-0.05, 0) is 54.8 Å². The van der Waals surface area contributed by atoms with E-state index in [2.05, 4.69) is 10.6 Å². The molecule has 0 aliphatic heterocycles. The molecule has 0 radical (unpaired) electrons. The number of ether oxygens (including phenoxy) is 1. The molecule has 0 spiro atoms. The van der Waals surface area contributed by atoms with E-state index in [-0.39, 0.29) is 24.8 Å². The zero-order valence-corrected chi connectivity index (χ0v) is 15.9. The first-order valence-electron chi connectivity index (χ1n) is 8.31. The molecular formula is C20H20ClN3O3. The van der Waals surface area contributed by atoms with Gasteiger partial charge in [0.2, 0.25) is 5.91 Å². The fraction of sp³-hybridized carbons (Fsp3) is 0.250. The fourth-order valence-electron chi connectivity index (χ4n) is 2.37. The van der Waals surface area contributed by atoms with Crippen LogP contribution in [-0.2, 0) is 16.1 Å². The number of hydrogen-bond acceptors (Lipinski definition) is 4. The van der Waals surface area contributed by atoms with Crippen LogP contribution in [0.15, 0.2) is 36.4 Å². The number of aryl methyl sites for hydroxylation is 2. The quantitative estimate of drug-likeness (QED) is 0.763. The Morgan fingerprint density at radius 2 is 1.74 bits per heavy atom. The summed E-state index contributed by atoms with van der Waals surface area (Å²) in [6.45, 7) is 4.01. The minimum absolute atomic E-state index is 0.0944. The first kappa shape index (κ1) is 20.3. The highest BCUT2D eigenvalue weighted by Crippen LogP contribution is 2.25. The van der Waals surface area contributed by atoms with Gasteiger partial charge in [-0.3, -0.25) is 9.59 Å². The second-order valence-electron chi connectivity index (χ2n) is 6.02. The van der Waals surface area contributed by atoms with E-state index in [1.54, 1.807) is 42.5 Å². The summed E-state index contributed by atoms with van der Waals surface area (Å²) in [6.07, 6.45) is -0.190. The van der Waals surface area contributed by atoms with Crippen LogP contribution in [0.5, 0.6) is 5.75 Å². The average molecular weight is 386 g/mol. The lowest BCUT2D eigenvalue weighted by molar-refractivity contribution is -0.123. The van der Waals surface area contributed by atoms with Crippen molar-refractivity contribution < 1.29 is 14.3 Å². The maximum atomic E-state index is 12.0. The van der Waals surface area contributed by atoms with E-state index in [0.29, 0.717) is 23.0 Å². The number of amides is 2. The Bertz CT molecular complexity index is 850. The number of rotatable bonds is 7. The first-order valence-corrected chi connectivity index (χ1v) is 8.69. The second kappa shape index (κ2) is 9.60. The summed E-state index contributed by atoms with van der Waals surface area (Å²) < 4.78 is 5.51. The van der Waals surface area contributed by atoms with Gasteiger partial charge in [-0.15, -0.1) is 0 Å². The van der Waals surface area contributed by atoms with Gasteiger partial charge in [0.25, 0.3) is 5.91 Å². The molecule has 27 heavy (non-hydrogen) atoms. The summed E-state index contributed by atoms with van der Waals surface area (Å²) in [5.74, 6) is -0.00274. The van der Waals surface area contributed by atoms with Crippen molar-refractivity contribution in [3.05, 3.63) is 58.1 Å². The van der Waals surface area contributed by atoms with Crippen molar-refractivity contribution in [1.82, 2.24) is 5.32 Å². The van der Waals surface area contributed by atoms with Crippen molar-refractivity contribution in [3.63, 3.8) is 0 Å². The zero-order chi connectivity index (χ0) is 19.8. The smallest absolute Gasteiger partial charge is 0.258 e. The molecular weight excluding hydrogens is 366 g/mol. The minimum atomic E-state index is -0.358.